The van der Waals surface area contributed by atoms with Gasteiger partial charge in [0.2, 0.25) is 0 Å². The summed E-state index contributed by atoms with van der Waals surface area (Å²) in [4.78, 5) is 0. The molecule has 0 bridgehead atoms. The Balaban J connectivity index is 1.81. The summed E-state index contributed by atoms with van der Waals surface area (Å²) < 4.78 is 5.29. The van der Waals surface area contributed by atoms with E-state index in [-0.39, 0.29) is 0 Å². The van der Waals surface area contributed by atoms with Gasteiger partial charge in [-0.25, -0.2) is 0 Å². The summed E-state index contributed by atoms with van der Waals surface area (Å²) in [7, 11) is 0. The molecule has 0 amide bonds. The van der Waals surface area contributed by atoms with Crippen LogP contribution in [0, 0.1) is 11.3 Å². The van der Waals surface area contributed by atoms with Gasteiger partial charge in [-0.1, -0.05) is 32.1 Å². The van der Waals surface area contributed by atoms with E-state index >= 15 is 0 Å². The Hall–Kier alpha value is -0.0800. The molecule has 2 nitrogen and oxygen atoms in total. The Bertz CT molecular complexity index is 154. The minimum atomic E-state index is 0.377. The van der Waals surface area contributed by atoms with Crippen molar-refractivity contribution in [1.29, 1.82) is 0 Å². The summed E-state index contributed by atoms with van der Waals surface area (Å²) in [6, 6.07) is 0. The third-order valence-corrected chi connectivity index (χ3v) is 3.70. The molecule has 1 saturated carbocycles. The van der Waals surface area contributed by atoms with E-state index in [1.165, 1.54) is 38.5 Å². The molecule has 1 aliphatic heterocycles. The average molecular weight is 183 g/mol. The highest BCUT2D eigenvalue weighted by Gasteiger charge is 2.39. The fourth-order valence-corrected chi connectivity index (χ4v) is 2.71. The molecule has 1 aliphatic carbocycles. The molecule has 1 heterocycles. The molecule has 0 atom stereocenters. The van der Waals surface area contributed by atoms with Crippen molar-refractivity contribution in [2.75, 3.05) is 19.8 Å². The van der Waals surface area contributed by atoms with Crippen molar-refractivity contribution in [2.24, 2.45) is 17.1 Å². The Morgan fingerprint density at radius 2 is 1.85 bits per heavy atom. The van der Waals surface area contributed by atoms with Crippen molar-refractivity contribution in [3.8, 4) is 0 Å². The predicted octanol–water partition coefficient (Wildman–Crippen LogP) is 1.93. The van der Waals surface area contributed by atoms with Crippen molar-refractivity contribution >= 4 is 0 Å². The molecule has 1 saturated heterocycles. The summed E-state index contributed by atoms with van der Waals surface area (Å²) in [5, 5.41) is 0. The van der Waals surface area contributed by atoms with Crippen molar-refractivity contribution in [1.82, 2.24) is 0 Å². The van der Waals surface area contributed by atoms with Gasteiger partial charge in [-0.2, -0.15) is 0 Å². The molecule has 2 fully saturated rings. The SMILES string of the molecule is NCC1(CC2CCCCC2)COC1. The molecule has 0 aromatic carbocycles. The van der Waals surface area contributed by atoms with Crippen LogP contribution in [0.1, 0.15) is 38.5 Å². The quantitative estimate of drug-likeness (QED) is 0.725. The lowest BCUT2D eigenvalue weighted by molar-refractivity contribution is -0.120. The zero-order valence-electron chi connectivity index (χ0n) is 8.43. The second-order valence-corrected chi connectivity index (χ2v) is 4.91. The number of hydrogen-bond donors (Lipinski definition) is 1. The van der Waals surface area contributed by atoms with Crippen LogP contribution in [-0.4, -0.2) is 19.8 Å². The molecule has 76 valence electrons. The monoisotopic (exact) mass is 183 g/mol. The van der Waals surface area contributed by atoms with Gasteiger partial charge in [0.15, 0.2) is 0 Å². The summed E-state index contributed by atoms with van der Waals surface area (Å²) in [6.07, 6.45) is 8.51. The second kappa shape index (κ2) is 3.97. The van der Waals surface area contributed by atoms with Crippen molar-refractivity contribution in [3.05, 3.63) is 0 Å². The minimum absolute atomic E-state index is 0.377. The standard InChI is InChI=1S/C11H21NO/c12-7-11(8-13-9-11)6-10-4-2-1-3-5-10/h10H,1-9,12H2. The lowest BCUT2D eigenvalue weighted by Crippen LogP contribution is -2.49. The Kier molecular flexibility index (Phi) is 2.89. The van der Waals surface area contributed by atoms with E-state index < -0.39 is 0 Å². The van der Waals surface area contributed by atoms with E-state index in [0.29, 0.717) is 5.41 Å². The van der Waals surface area contributed by atoms with Gasteiger partial charge in [0.05, 0.1) is 13.2 Å². The van der Waals surface area contributed by atoms with Crippen LogP contribution in [0.5, 0.6) is 0 Å². The second-order valence-electron chi connectivity index (χ2n) is 4.91. The third kappa shape index (κ3) is 2.05. The highest BCUT2D eigenvalue weighted by Crippen LogP contribution is 2.38. The van der Waals surface area contributed by atoms with Crippen LogP contribution in [0.15, 0.2) is 0 Å². The fraction of sp³-hybridized carbons (Fsp3) is 1.00. The number of rotatable bonds is 3. The first-order chi connectivity index (χ1) is 6.35. The first-order valence-electron chi connectivity index (χ1n) is 5.62. The zero-order chi connectivity index (χ0) is 9.15. The first-order valence-corrected chi connectivity index (χ1v) is 5.62. The van der Waals surface area contributed by atoms with Gasteiger partial charge in [-0.3, -0.25) is 0 Å². The van der Waals surface area contributed by atoms with Crippen molar-refractivity contribution in [3.63, 3.8) is 0 Å². The predicted molar refractivity (Wildman–Crippen MR) is 53.5 cm³/mol. The maximum absolute atomic E-state index is 5.81. The van der Waals surface area contributed by atoms with Crippen molar-refractivity contribution in [2.45, 2.75) is 38.5 Å². The van der Waals surface area contributed by atoms with Crippen LogP contribution >= 0.6 is 0 Å². The molecule has 0 spiro atoms. The Labute approximate surface area is 80.8 Å². The van der Waals surface area contributed by atoms with E-state index in [2.05, 4.69) is 0 Å². The molecule has 2 aliphatic rings. The highest BCUT2D eigenvalue weighted by atomic mass is 16.5. The van der Waals surface area contributed by atoms with Gasteiger partial charge < -0.3 is 10.5 Å². The largest absolute Gasteiger partial charge is 0.380 e. The maximum Gasteiger partial charge on any atom is 0.0557 e. The smallest absolute Gasteiger partial charge is 0.0557 e. The third-order valence-electron chi connectivity index (χ3n) is 3.70. The Morgan fingerprint density at radius 1 is 1.15 bits per heavy atom. The zero-order valence-corrected chi connectivity index (χ0v) is 8.43. The van der Waals surface area contributed by atoms with E-state index in [0.717, 1.165) is 25.7 Å². The molecule has 2 N–H and O–H groups in total. The summed E-state index contributed by atoms with van der Waals surface area (Å²) >= 11 is 0. The highest BCUT2D eigenvalue weighted by molar-refractivity contribution is 4.89. The van der Waals surface area contributed by atoms with Gasteiger partial charge in [0, 0.05) is 12.0 Å². The number of nitrogens with two attached hydrogens (primary N) is 1. The number of ether oxygens (including phenoxy) is 1. The van der Waals surface area contributed by atoms with Crippen LogP contribution < -0.4 is 5.73 Å². The van der Waals surface area contributed by atoms with E-state index in [9.17, 15) is 0 Å². The molecule has 2 rings (SSSR count). The van der Waals surface area contributed by atoms with E-state index in [4.69, 9.17) is 10.5 Å². The van der Waals surface area contributed by atoms with Gasteiger partial charge >= 0.3 is 0 Å². The minimum Gasteiger partial charge on any atom is -0.380 e. The van der Waals surface area contributed by atoms with Gasteiger partial charge in [-0.15, -0.1) is 0 Å². The van der Waals surface area contributed by atoms with Crippen LogP contribution in [0.3, 0.4) is 0 Å². The summed E-state index contributed by atoms with van der Waals surface area (Å²) in [5.74, 6) is 0.946. The maximum atomic E-state index is 5.81. The lowest BCUT2D eigenvalue weighted by atomic mass is 9.73. The van der Waals surface area contributed by atoms with Gasteiger partial charge in [0.1, 0.15) is 0 Å². The molecule has 0 unspecified atom stereocenters. The molecule has 13 heavy (non-hydrogen) atoms. The van der Waals surface area contributed by atoms with Crippen LogP contribution in [-0.2, 0) is 4.74 Å². The molecule has 2 heteroatoms. The Morgan fingerprint density at radius 3 is 2.31 bits per heavy atom. The molecular weight excluding hydrogens is 162 g/mol. The van der Waals surface area contributed by atoms with Crippen LogP contribution in [0.25, 0.3) is 0 Å². The summed E-state index contributed by atoms with van der Waals surface area (Å²) in [5.41, 5.74) is 6.18. The lowest BCUT2D eigenvalue weighted by Gasteiger charge is -2.43. The average Bonchev–Trinajstić information content (AvgIpc) is 2.13. The topological polar surface area (TPSA) is 35.2 Å². The molecule has 0 radical (unpaired) electrons. The fourth-order valence-electron chi connectivity index (χ4n) is 2.71. The van der Waals surface area contributed by atoms with E-state index in [1.54, 1.807) is 0 Å². The number of hydrogen-bond acceptors (Lipinski definition) is 2. The molecule has 0 aromatic heterocycles. The molecule has 0 aromatic rings. The first kappa shape index (κ1) is 9.47. The van der Waals surface area contributed by atoms with Gasteiger partial charge in [-0.05, 0) is 12.3 Å². The van der Waals surface area contributed by atoms with Crippen LogP contribution in [0.2, 0.25) is 0 Å². The molecular formula is C11H21NO. The summed E-state index contributed by atoms with van der Waals surface area (Å²) in [6.45, 7) is 2.66. The van der Waals surface area contributed by atoms with Crippen molar-refractivity contribution < 1.29 is 4.74 Å². The van der Waals surface area contributed by atoms with E-state index in [1.807, 2.05) is 0 Å². The normalized spacial score (nSPS) is 28.4. The van der Waals surface area contributed by atoms with Crippen LogP contribution in [0.4, 0.5) is 0 Å². The van der Waals surface area contributed by atoms with Gasteiger partial charge in [0.25, 0.3) is 0 Å².